The molecule has 1 rings (SSSR count). The van der Waals surface area contributed by atoms with Crippen molar-refractivity contribution >= 4 is 6.29 Å². The topological polar surface area (TPSA) is 59.6 Å². The third-order valence-corrected chi connectivity index (χ3v) is 1.08. The van der Waals surface area contributed by atoms with Gasteiger partial charge in [-0.1, -0.05) is 5.18 Å². The predicted octanol–water partition coefficient (Wildman–Crippen LogP) is 1.29. The van der Waals surface area contributed by atoms with Crippen LogP contribution in [0.15, 0.2) is 28.0 Å². The Morgan fingerprint density at radius 2 is 2.50 bits per heavy atom. The maximum Gasteiger partial charge on any atom is 0.204 e. The van der Waals surface area contributed by atoms with Crippen LogP contribution in [0.1, 0.15) is 11.8 Å². The summed E-state index contributed by atoms with van der Waals surface area (Å²) in [6.07, 6.45) is 1.82. The van der Waals surface area contributed by atoms with E-state index in [0.29, 0.717) is 6.29 Å². The third-order valence-electron chi connectivity index (χ3n) is 1.08. The first-order valence-electron chi connectivity index (χ1n) is 2.69. The van der Waals surface area contributed by atoms with Crippen LogP contribution in [-0.4, -0.2) is 6.29 Å². The van der Waals surface area contributed by atoms with E-state index in [1.54, 1.807) is 6.07 Å². The molecule has 1 atom stereocenters. The highest BCUT2D eigenvalue weighted by molar-refractivity contribution is 5.59. The molecule has 0 aliphatic rings. The molecule has 52 valence electrons. The van der Waals surface area contributed by atoms with Crippen LogP contribution in [0.25, 0.3) is 0 Å². The molecule has 1 aromatic heterocycles. The van der Waals surface area contributed by atoms with E-state index in [1.807, 2.05) is 0 Å². The zero-order chi connectivity index (χ0) is 7.40. The molecule has 0 radical (unpaired) electrons. The number of nitrogens with zero attached hydrogens (tertiary/aromatic N) is 1. The lowest BCUT2D eigenvalue weighted by Gasteiger charge is -1.91. The number of hydrogen-bond donors (Lipinski definition) is 0. The number of carbonyl (C=O) groups excluding carboxylic acids is 1. The molecular weight excluding hydrogens is 134 g/mol. The van der Waals surface area contributed by atoms with Gasteiger partial charge in [0.2, 0.25) is 6.04 Å². The summed E-state index contributed by atoms with van der Waals surface area (Å²) in [7, 11) is 0. The van der Waals surface area contributed by atoms with E-state index in [2.05, 4.69) is 5.18 Å². The average Bonchev–Trinajstić information content (AvgIpc) is 2.43. The van der Waals surface area contributed by atoms with Crippen molar-refractivity contribution in [1.82, 2.24) is 0 Å². The second-order valence-electron chi connectivity index (χ2n) is 1.70. The number of carbonyl (C=O) groups is 1. The molecule has 4 nitrogen and oxygen atoms in total. The summed E-state index contributed by atoms with van der Waals surface area (Å²) < 4.78 is 4.75. The van der Waals surface area contributed by atoms with Crippen LogP contribution in [-0.2, 0) is 4.79 Å². The molecule has 1 heterocycles. The van der Waals surface area contributed by atoms with Crippen molar-refractivity contribution in [2.45, 2.75) is 6.04 Å². The summed E-state index contributed by atoms with van der Waals surface area (Å²) in [5.74, 6) is 0.282. The molecule has 0 saturated carbocycles. The number of furan rings is 1. The Hall–Kier alpha value is -1.45. The van der Waals surface area contributed by atoms with Crippen LogP contribution in [0.2, 0.25) is 0 Å². The van der Waals surface area contributed by atoms with Crippen LogP contribution in [0.5, 0.6) is 0 Å². The molecule has 0 fully saturated rings. The van der Waals surface area contributed by atoms with Crippen molar-refractivity contribution < 1.29 is 9.21 Å². The highest BCUT2D eigenvalue weighted by atomic mass is 16.3. The summed E-state index contributed by atoms with van der Waals surface area (Å²) in [5, 5.41) is 2.54. The smallest absolute Gasteiger partial charge is 0.204 e. The first-order chi connectivity index (χ1) is 4.88. The van der Waals surface area contributed by atoms with Crippen molar-refractivity contribution in [2.24, 2.45) is 5.18 Å². The minimum atomic E-state index is -0.991. The van der Waals surface area contributed by atoms with Gasteiger partial charge in [0.25, 0.3) is 0 Å². The van der Waals surface area contributed by atoms with Crippen molar-refractivity contribution in [1.29, 1.82) is 0 Å². The normalized spacial score (nSPS) is 12.4. The Bertz CT molecular complexity index is 209. The quantitative estimate of drug-likeness (QED) is 0.468. The van der Waals surface area contributed by atoms with Gasteiger partial charge in [-0.15, -0.1) is 4.91 Å². The number of nitroso groups, excluding NO2 is 1. The first kappa shape index (κ1) is 6.67. The Morgan fingerprint density at radius 1 is 1.70 bits per heavy atom. The Labute approximate surface area is 56.8 Å². The van der Waals surface area contributed by atoms with Crippen LogP contribution in [0, 0.1) is 4.91 Å². The van der Waals surface area contributed by atoms with Gasteiger partial charge in [0.1, 0.15) is 5.76 Å². The minimum absolute atomic E-state index is 0.282. The van der Waals surface area contributed by atoms with Gasteiger partial charge in [-0.05, 0) is 12.1 Å². The third kappa shape index (κ3) is 1.10. The van der Waals surface area contributed by atoms with Gasteiger partial charge in [-0.2, -0.15) is 0 Å². The molecular formula is C6H5NO3. The average molecular weight is 139 g/mol. The lowest BCUT2D eigenvalue weighted by molar-refractivity contribution is -0.109. The van der Waals surface area contributed by atoms with Gasteiger partial charge in [-0.25, -0.2) is 0 Å². The molecule has 0 N–H and O–H groups in total. The molecule has 0 amide bonds. The maximum atomic E-state index is 10.1. The molecule has 1 aromatic rings. The summed E-state index contributed by atoms with van der Waals surface area (Å²) in [4.78, 5) is 20.0. The van der Waals surface area contributed by atoms with E-state index >= 15 is 0 Å². The van der Waals surface area contributed by atoms with E-state index < -0.39 is 6.04 Å². The Kier molecular flexibility index (Phi) is 1.94. The number of aldehydes is 1. The fourth-order valence-corrected chi connectivity index (χ4v) is 0.603. The highest BCUT2D eigenvalue weighted by Crippen LogP contribution is 2.13. The molecule has 10 heavy (non-hydrogen) atoms. The van der Waals surface area contributed by atoms with Gasteiger partial charge in [0.15, 0.2) is 6.29 Å². The van der Waals surface area contributed by atoms with Gasteiger partial charge < -0.3 is 9.21 Å². The van der Waals surface area contributed by atoms with Crippen molar-refractivity contribution in [2.75, 3.05) is 0 Å². The van der Waals surface area contributed by atoms with E-state index in [-0.39, 0.29) is 5.76 Å². The molecule has 1 unspecified atom stereocenters. The first-order valence-corrected chi connectivity index (χ1v) is 2.69. The van der Waals surface area contributed by atoms with E-state index in [4.69, 9.17) is 4.42 Å². The summed E-state index contributed by atoms with van der Waals surface area (Å²) in [6, 6.07) is 2.13. The molecule has 0 saturated heterocycles. The largest absolute Gasteiger partial charge is 0.466 e. The second kappa shape index (κ2) is 2.91. The Morgan fingerprint density at radius 3 is 2.90 bits per heavy atom. The van der Waals surface area contributed by atoms with Gasteiger partial charge in [0, 0.05) is 0 Å². The van der Waals surface area contributed by atoms with Crippen molar-refractivity contribution in [3.63, 3.8) is 0 Å². The summed E-state index contributed by atoms with van der Waals surface area (Å²) in [5.41, 5.74) is 0. The van der Waals surface area contributed by atoms with Crippen molar-refractivity contribution in [3.05, 3.63) is 29.1 Å². The minimum Gasteiger partial charge on any atom is -0.466 e. The zero-order valence-corrected chi connectivity index (χ0v) is 5.06. The second-order valence-corrected chi connectivity index (χ2v) is 1.70. The number of rotatable bonds is 3. The van der Waals surface area contributed by atoms with Crippen LogP contribution in [0.4, 0.5) is 0 Å². The Balaban J connectivity index is 2.82. The predicted molar refractivity (Wildman–Crippen MR) is 33.3 cm³/mol. The monoisotopic (exact) mass is 139 g/mol. The maximum absolute atomic E-state index is 10.1. The van der Waals surface area contributed by atoms with Gasteiger partial charge in [0.05, 0.1) is 6.26 Å². The zero-order valence-electron chi connectivity index (χ0n) is 5.06. The summed E-state index contributed by atoms with van der Waals surface area (Å²) in [6.45, 7) is 0. The molecule has 0 spiro atoms. The van der Waals surface area contributed by atoms with Crippen LogP contribution < -0.4 is 0 Å². The SMILES string of the molecule is O=CC(N=O)c1ccco1. The highest BCUT2D eigenvalue weighted by Gasteiger charge is 2.11. The molecule has 0 aliphatic carbocycles. The molecule has 0 aliphatic heterocycles. The van der Waals surface area contributed by atoms with E-state index in [1.165, 1.54) is 12.3 Å². The van der Waals surface area contributed by atoms with E-state index in [0.717, 1.165) is 0 Å². The lowest BCUT2D eigenvalue weighted by atomic mass is 10.3. The van der Waals surface area contributed by atoms with Crippen LogP contribution in [0.3, 0.4) is 0 Å². The molecule has 0 bridgehead atoms. The molecule has 4 heteroatoms. The van der Waals surface area contributed by atoms with Crippen molar-refractivity contribution in [3.8, 4) is 0 Å². The van der Waals surface area contributed by atoms with Gasteiger partial charge >= 0.3 is 0 Å². The molecule has 0 aromatic carbocycles. The number of hydrogen-bond acceptors (Lipinski definition) is 4. The fourth-order valence-electron chi connectivity index (χ4n) is 0.603. The summed E-state index contributed by atoms with van der Waals surface area (Å²) >= 11 is 0. The van der Waals surface area contributed by atoms with Crippen LogP contribution >= 0.6 is 0 Å². The van der Waals surface area contributed by atoms with Gasteiger partial charge in [-0.3, -0.25) is 0 Å². The lowest BCUT2D eigenvalue weighted by Crippen LogP contribution is -1.91. The van der Waals surface area contributed by atoms with E-state index in [9.17, 15) is 9.70 Å². The fraction of sp³-hybridized carbons (Fsp3) is 0.167. The standard InChI is InChI=1S/C6H5NO3/c8-4-5(7-9)6-2-1-3-10-6/h1-5H.